The van der Waals surface area contributed by atoms with E-state index in [1.165, 1.54) is 5.57 Å². The van der Waals surface area contributed by atoms with Crippen molar-refractivity contribution >= 4 is 17.6 Å². The number of allylic oxidation sites excluding steroid dienone is 2. The van der Waals surface area contributed by atoms with E-state index in [4.69, 9.17) is 21.1 Å². The van der Waals surface area contributed by atoms with Crippen LogP contribution in [-0.2, 0) is 11.2 Å². The maximum Gasteiger partial charge on any atom is 0.339 e. The minimum atomic E-state index is -0.369. The summed E-state index contributed by atoms with van der Waals surface area (Å²) in [6.45, 7) is 9.70. The quantitative estimate of drug-likeness (QED) is 0.593. The lowest BCUT2D eigenvalue weighted by molar-refractivity contribution is 0.0471. The summed E-state index contributed by atoms with van der Waals surface area (Å²) in [6.07, 6.45) is 3.11. The summed E-state index contributed by atoms with van der Waals surface area (Å²) in [5.74, 6) is 1.22. The van der Waals surface area contributed by atoms with E-state index in [0.717, 1.165) is 17.7 Å². The van der Waals surface area contributed by atoms with Crippen LogP contribution in [0, 0.1) is 17.3 Å². The minimum absolute atomic E-state index is 0.183. The monoisotopic (exact) mass is 334 g/mol. The molecule has 0 bridgehead atoms. The van der Waals surface area contributed by atoms with Crippen molar-refractivity contribution in [2.45, 2.75) is 34.1 Å². The molecule has 0 saturated heterocycles. The van der Waals surface area contributed by atoms with Gasteiger partial charge in [0.1, 0.15) is 5.75 Å². The van der Waals surface area contributed by atoms with Crippen molar-refractivity contribution < 1.29 is 14.3 Å². The molecule has 0 amide bonds. The molecule has 0 radical (unpaired) electrons. The third-order valence-corrected chi connectivity index (χ3v) is 5.36. The number of rotatable bonds is 4. The molecule has 1 aromatic rings. The van der Waals surface area contributed by atoms with E-state index in [-0.39, 0.29) is 11.4 Å². The van der Waals surface area contributed by atoms with Crippen LogP contribution in [0.5, 0.6) is 5.75 Å². The Labute approximate surface area is 142 Å². The van der Waals surface area contributed by atoms with Gasteiger partial charge in [0.05, 0.1) is 23.8 Å². The lowest BCUT2D eigenvalue weighted by atomic mass is 10.1. The van der Waals surface area contributed by atoms with Gasteiger partial charge in [0.15, 0.2) is 0 Å². The topological polar surface area (TPSA) is 35.5 Å². The van der Waals surface area contributed by atoms with Crippen molar-refractivity contribution in [3.05, 3.63) is 39.9 Å². The third kappa shape index (κ3) is 3.12. The van der Waals surface area contributed by atoms with Gasteiger partial charge in [-0.2, -0.15) is 0 Å². The molecular weight excluding hydrogens is 312 g/mol. The third-order valence-electron chi connectivity index (χ3n) is 5.05. The Kier molecular flexibility index (Phi) is 4.18. The normalized spacial score (nSPS) is 23.7. The van der Waals surface area contributed by atoms with Crippen LogP contribution in [0.15, 0.2) is 23.8 Å². The molecule has 3 nitrogen and oxygen atoms in total. The summed E-state index contributed by atoms with van der Waals surface area (Å²) in [6, 6.07) is 3.52. The highest BCUT2D eigenvalue weighted by Crippen LogP contribution is 2.59. The average Bonchev–Trinajstić information content (AvgIpc) is 2.82. The number of halogens is 1. The molecule has 0 spiro atoms. The van der Waals surface area contributed by atoms with Crippen molar-refractivity contribution in [1.29, 1.82) is 0 Å². The van der Waals surface area contributed by atoms with E-state index < -0.39 is 0 Å². The molecule has 3 rings (SSSR count). The number of fused-ring (bicyclic) bond motifs is 1. The summed E-state index contributed by atoms with van der Waals surface area (Å²) in [4.78, 5) is 12.4. The minimum Gasteiger partial charge on any atom is -0.493 e. The maximum atomic E-state index is 12.4. The SMILES string of the molecule is CC(C)=CC1C(COC(=O)c2cc3c(cc2Cl)CCO3)C1(C)C. The van der Waals surface area contributed by atoms with Gasteiger partial charge >= 0.3 is 5.97 Å². The van der Waals surface area contributed by atoms with Gasteiger partial charge in [0.2, 0.25) is 0 Å². The molecule has 1 heterocycles. The summed E-state index contributed by atoms with van der Waals surface area (Å²) in [5, 5.41) is 0.440. The second-order valence-corrected chi connectivity index (χ2v) is 7.74. The highest BCUT2D eigenvalue weighted by molar-refractivity contribution is 6.33. The van der Waals surface area contributed by atoms with Crippen molar-refractivity contribution in [3.8, 4) is 5.75 Å². The van der Waals surface area contributed by atoms with Gasteiger partial charge in [0.25, 0.3) is 0 Å². The number of carbonyl (C=O) groups excluding carboxylic acids is 1. The first kappa shape index (κ1) is 16.4. The Morgan fingerprint density at radius 2 is 2.17 bits per heavy atom. The molecule has 1 aliphatic carbocycles. The number of esters is 1. The summed E-state index contributed by atoms with van der Waals surface area (Å²) >= 11 is 6.22. The smallest absolute Gasteiger partial charge is 0.339 e. The predicted octanol–water partition coefficient (Wildman–Crippen LogP) is 4.67. The predicted molar refractivity (Wildman–Crippen MR) is 91.1 cm³/mol. The second kappa shape index (κ2) is 5.86. The number of ether oxygens (including phenoxy) is 2. The standard InChI is InChI=1S/C19H23ClO3/c1-11(2)7-14-15(19(14,3)4)10-23-18(21)13-9-17-12(5-6-22-17)8-16(13)20/h7-9,14-15H,5-6,10H2,1-4H3. The van der Waals surface area contributed by atoms with E-state index in [1.807, 2.05) is 6.07 Å². The highest BCUT2D eigenvalue weighted by atomic mass is 35.5. The summed E-state index contributed by atoms with van der Waals surface area (Å²) in [5.41, 5.74) is 2.93. The van der Waals surface area contributed by atoms with Crippen LogP contribution in [0.1, 0.15) is 43.6 Å². The van der Waals surface area contributed by atoms with Crippen LogP contribution in [0.25, 0.3) is 0 Å². The molecule has 2 atom stereocenters. The van der Waals surface area contributed by atoms with Gasteiger partial charge in [-0.25, -0.2) is 4.79 Å². The molecule has 2 unspecified atom stereocenters. The molecule has 0 aromatic heterocycles. The van der Waals surface area contributed by atoms with E-state index in [2.05, 4.69) is 33.8 Å². The molecule has 124 valence electrons. The average molecular weight is 335 g/mol. The van der Waals surface area contributed by atoms with Crippen LogP contribution in [0.3, 0.4) is 0 Å². The zero-order valence-corrected chi connectivity index (χ0v) is 14.9. The van der Waals surface area contributed by atoms with Gasteiger partial charge in [-0.1, -0.05) is 37.1 Å². The highest BCUT2D eigenvalue weighted by Gasteiger charge is 2.56. The Balaban J connectivity index is 1.66. The molecular formula is C19H23ClO3. The van der Waals surface area contributed by atoms with Gasteiger partial charge in [0, 0.05) is 12.3 Å². The van der Waals surface area contributed by atoms with Crippen molar-refractivity contribution in [2.75, 3.05) is 13.2 Å². The zero-order chi connectivity index (χ0) is 16.8. The molecule has 1 aromatic carbocycles. The van der Waals surface area contributed by atoms with Crippen molar-refractivity contribution in [1.82, 2.24) is 0 Å². The van der Waals surface area contributed by atoms with E-state index >= 15 is 0 Å². The molecule has 1 saturated carbocycles. The Morgan fingerprint density at radius 1 is 1.43 bits per heavy atom. The van der Waals surface area contributed by atoms with Crippen LogP contribution in [-0.4, -0.2) is 19.2 Å². The fourth-order valence-electron chi connectivity index (χ4n) is 3.39. The molecule has 4 heteroatoms. The van der Waals surface area contributed by atoms with Crippen LogP contribution in [0.4, 0.5) is 0 Å². The molecule has 1 fully saturated rings. The fraction of sp³-hybridized carbons (Fsp3) is 0.526. The van der Waals surface area contributed by atoms with Crippen molar-refractivity contribution in [3.63, 3.8) is 0 Å². The lowest BCUT2D eigenvalue weighted by Crippen LogP contribution is -2.10. The zero-order valence-electron chi connectivity index (χ0n) is 14.1. The van der Waals surface area contributed by atoms with E-state index in [9.17, 15) is 4.79 Å². The summed E-state index contributed by atoms with van der Waals surface area (Å²) < 4.78 is 11.0. The van der Waals surface area contributed by atoms with Gasteiger partial charge < -0.3 is 9.47 Å². The molecule has 0 N–H and O–H groups in total. The van der Waals surface area contributed by atoms with Crippen molar-refractivity contribution in [2.24, 2.45) is 17.3 Å². The second-order valence-electron chi connectivity index (χ2n) is 7.33. The van der Waals surface area contributed by atoms with Crippen LogP contribution in [0.2, 0.25) is 5.02 Å². The molecule has 1 aliphatic heterocycles. The van der Waals surface area contributed by atoms with Crippen LogP contribution >= 0.6 is 11.6 Å². The van der Waals surface area contributed by atoms with Crippen LogP contribution < -0.4 is 4.74 Å². The first-order valence-electron chi connectivity index (χ1n) is 8.08. The molecule has 23 heavy (non-hydrogen) atoms. The summed E-state index contributed by atoms with van der Waals surface area (Å²) in [7, 11) is 0. The lowest BCUT2D eigenvalue weighted by Gasteiger charge is -2.09. The first-order valence-corrected chi connectivity index (χ1v) is 8.46. The fourth-order valence-corrected chi connectivity index (χ4v) is 3.65. The van der Waals surface area contributed by atoms with Gasteiger partial charge in [-0.15, -0.1) is 0 Å². The number of benzene rings is 1. The first-order chi connectivity index (χ1) is 10.8. The Hall–Kier alpha value is -1.48. The number of hydrogen-bond acceptors (Lipinski definition) is 3. The molecule has 2 aliphatic rings. The van der Waals surface area contributed by atoms with E-state index in [1.54, 1.807) is 6.07 Å². The maximum absolute atomic E-state index is 12.4. The number of hydrogen-bond donors (Lipinski definition) is 0. The largest absolute Gasteiger partial charge is 0.493 e. The Morgan fingerprint density at radius 3 is 2.87 bits per heavy atom. The van der Waals surface area contributed by atoms with E-state index in [0.29, 0.717) is 35.6 Å². The Bertz CT molecular complexity index is 671. The van der Waals surface area contributed by atoms with Gasteiger partial charge in [-0.3, -0.25) is 0 Å². The van der Waals surface area contributed by atoms with Gasteiger partial charge in [-0.05, 0) is 42.9 Å². The number of carbonyl (C=O) groups is 1.